The lowest BCUT2D eigenvalue weighted by atomic mass is 10.2. The Morgan fingerprint density at radius 1 is 1.19 bits per heavy atom. The number of aromatic nitrogens is 1. The average molecular weight is 382 g/mol. The third kappa shape index (κ3) is 5.41. The number of aromatic amines is 1. The molecule has 138 valence electrons. The molecule has 1 heterocycles. The van der Waals surface area contributed by atoms with Gasteiger partial charge in [0.25, 0.3) is 11.7 Å². The highest BCUT2D eigenvalue weighted by molar-refractivity contribution is 7.99. The molecule has 9 heteroatoms. The maximum absolute atomic E-state index is 12.3. The first-order chi connectivity index (χ1) is 12.3. The van der Waals surface area contributed by atoms with Crippen LogP contribution >= 0.6 is 11.8 Å². The number of ether oxygens (including phenoxy) is 1. The summed E-state index contributed by atoms with van der Waals surface area (Å²) in [6.45, 7) is 2.75. The van der Waals surface area contributed by atoms with Crippen LogP contribution in [0.2, 0.25) is 0 Å². The van der Waals surface area contributed by atoms with Crippen molar-refractivity contribution in [2.45, 2.75) is 30.6 Å². The van der Waals surface area contributed by atoms with E-state index in [2.05, 4.69) is 10.3 Å². The maximum atomic E-state index is 12.3. The Morgan fingerprint density at radius 2 is 1.85 bits per heavy atom. The number of anilines is 1. The molecule has 0 fully saturated rings. The van der Waals surface area contributed by atoms with E-state index in [4.69, 9.17) is 4.74 Å². The molecular weight excluding hydrogens is 366 g/mol. The highest BCUT2D eigenvalue weighted by Gasteiger charge is 2.20. The summed E-state index contributed by atoms with van der Waals surface area (Å²) in [5.74, 6) is -4.08. The SMILES string of the molecule is CC(=O)c1c[nH]c(C(=O)OC(C)C(=O)Nc2ccc(SC(F)F)cc2)c1. The van der Waals surface area contributed by atoms with Crippen molar-refractivity contribution < 1.29 is 27.9 Å². The van der Waals surface area contributed by atoms with Crippen LogP contribution in [0.1, 0.15) is 34.7 Å². The molecule has 1 atom stereocenters. The lowest BCUT2D eigenvalue weighted by Gasteiger charge is -2.13. The summed E-state index contributed by atoms with van der Waals surface area (Å²) in [5.41, 5.74) is 0.772. The van der Waals surface area contributed by atoms with Crippen molar-refractivity contribution in [3.8, 4) is 0 Å². The molecule has 0 spiro atoms. The predicted molar refractivity (Wildman–Crippen MR) is 92.6 cm³/mol. The number of nitrogens with one attached hydrogen (secondary N) is 2. The van der Waals surface area contributed by atoms with Gasteiger partial charge < -0.3 is 15.0 Å². The topological polar surface area (TPSA) is 88.3 Å². The van der Waals surface area contributed by atoms with Crippen LogP contribution in [0.3, 0.4) is 0 Å². The van der Waals surface area contributed by atoms with Gasteiger partial charge in [0.15, 0.2) is 11.9 Å². The van der Waals surface area contributed by atoms with Gasteiger partial charge in [-0.15, -0.1) is 0 Å². The summed E-state index contributed by atoms with van der Waals surface area (Å²) in [5, 5.41) is 2.53. The van der Waals surface area contributed by atoms with Crippen LogP contribution in [0.15, 0.2) is 41.4 Å². The number of carbonyl (C=O) groups is 3. The number of hydrogen-bond donors (Lipinski definition) is 2. The van der Waals surface area contributed by atoms with Crippen molar-refractivity contribution in [1.82, 2.24) is 4.98 Å². The third-order valence-corrected chi connectivity index (χ3v) is 4.03. The van der Waals surface area contributed by atoms with Crippen LogP contribution < -0.4 is 5.32 Å². The number of alkyl halides is 2. The molecule has 2 N–H and O–H groups in total. The van der Waals surface area contributed by atoms with Crippen LogP contribution in [0.4, 0.5) is 14.5 Å². The van der Waals surface area contributed by atoms with Crippen molar-refractivity contribution in [1.29, 1.82) is 0 Å². The predicted octanol–water partition coefficient (Wildman–Crippen LogP) is 3.72. The smallest absolute Gasteiger partial charge is 0.355 e. The maximum Gasteiger partial charge on any atom is 0.355 e. The van der Waals surface area contributed by atoms with Gasteiger partial charge in [-0.3, -0.25) is 9.59 Å². The van der Waals surface area contributed by atoms with E-state index >= 15 is 0 Å². The largest absolute Gasteiger partial charge is 0.448 e. The van der Waals surface area contributed by atoms with E-state index in [-0.39, 0.29) is 11.5 Å². The first-order valence-corrected chi connectivity index (χ1v) is 8.40. The number of amides is 1. The molecule has 0 radical (unpaired) electrons. The second kappa shape index (κ2) is 8.61. The highest BCUT2D eigenvalue weighted by atomic mass is 32.2. The molecule has 1 amide bonds. The Morgan fingerprint density at radius 3 is 2.38 bits per heavy atom. The minimum atomic E-state index is -2.52. The minimum Gasteiger partial charge on any atom is -0.448 e. The molecule has 0 aliphatic heterocycles. The molecule has 1 aromatic carbocycles. The Labute approximate surface area is 152 Å². The first kappa shape index (κ1) is 19.6. The quantitative estimate of drug-likeness (QED) is 0.433. The molecule has 0 saturated heterocycles. The second-order valence-electron chi connectivity index (χ2n) is 5.30. The number of halogens is 2. The zero-order chi connectivity index (χ0) is 19.3. The summed E-state index contributed by atoms with van der Waals surface area (Å²) in [4.78, 5) is 38.3. The van der Waals surface area contributed by atoms with Crippen LogP contribution in [0.25, 0.3) is 0 Å². The van der Waals surface area contributed by atoms with Crippen LogP contribution in [-0.4, -0.2) is 34.5 Å². The van der Waals surface area contributed by atoms with Gasteiger partial charge in [0.2, 0.25) is 0 Å². The van der Waals surface area contributed by atoms with E-state index in [0.29, 0.717) is 27.9 Å². The van der Waals surface area contributed by atoms with Gasteiger partial charge in [-0.2, -0.15) is 8.78 Å². The Bertz CT molecular complexity index is 805. The van der Waals surface area contributed by atoms with Crippen molar-refractivity contribution in [2.75, 3.05) is 5.32 Å². The number of thioether (sulfide) groups is 1. The second-order valence-corrected chi connectivity index (χ2v) is 6.36. The Balaban J connectivity index is 1.92. The molecular formula is C17H16F2N2O4S. The zero-order valence-corrected chi connectivity index (χ0v) is 14.7. The molecule has 1 aromatic heterocycles. The third-order valence-electron chi connectivity index (χ3n) is 3.31. The van der Waals surface area contributed by atoms with Gasteiger partial charge in [-0.1, -0.05) is 11.8 Å². The lowest BCUT2D eigenvalue weighted by Crippen LogP contribution is -2.30. The Hall–Kier alpha value is -2.68. The van der Waals surface area contributed by atoms with Crippen LogP contribution in [-0.2, 0) is 9.53 Å². The zero-order valence-electron chi connectivity index (χ0n) is 13.9. The van der Waals surface area contributed by atoms with Crippen molar-refractivity contribution in [3.63, 3.8) is 0 Å². The summed E-state index contributed by atoms with van der Waals surface area (Å²) >= 11 is 0.399. The standard InChI is InChI=1S/C17H16F2N2O4S/c1-9(22)11-7-14(20-8-11)16(24)25-10(2)15(23)21-12-3-5-13(6-4-12)26-17(18)19/h3-8,10,17,20H,1-2H3,(H,21,23). The molecule has 2 aromatic rings. The summed E-state index contributed by atoms with van der Waals surface area (Å²) in [7, 11) is 0. The molecule has 0 aliphatic rings. The van der Waals surface area contributed by atoms with Crippen molar-refractivity contribution >= 4 is 35.1 Å². The number of benzene rings is 1. The van der Waals surface area contributed by atoms with Gasteiger partial charge in [0, 0.05) is 22.3 Å². The number of Topliss-reactive ketones (excluding diaryl/α,β-unsaturated/α-hetero) is 1. The molecule has 0 bridgehead atoms. The Kier molecular flexibility index (Phi) is 6.51. The van der Waals surface area contributed by atoms with Gasteiger partial charge in [-0.05, 0) is 44.2 Å². The summed E-state index contributed by atoms with van der Waals surface area (Å²) in [6.07, 6.45) is 0.282. The fraction of sp³-hybridized carbons (Fsp3) is 0.235. The van der Waals surface area contributed by atoms with Crippen LogP contribution in [0.5, 0.6) is 0 Å². The molecule has 0 saturated carbocycles. The van der Waals surface area contributed by atoms with Gasteiger partial charge in [0.05, 0.1) is 0 Å². The van der Waals surface area contributed by atoms with Crippen molar-refractivity contribution in [3.05, 3.63) is 47.8 Å². The van der Waals surface area contributed by atoms with Gasteiger partial charge in [0.1, 0.15) is 5.69 Å². The fourth-order valence-electron chi connectivity index (χ4n) is 1.96. The molecule has 0 aliphatic carbocycles. The normalized spacial score (nSPS) is 11.9. The number of carbonyl (C=O) groups excluding carboxylic acids is 3. The van der Waals surface area contributed by atoms with Gasteiger partial charge >= 0.3 is 5.97 Å². The first-order valence-electron chi connectivity index (χ1n) is 7.52. The van der Waals surface area contributed by atoms with E-state index in [9.17, 15) is 23.2 Å². The molecule has 26 heavy (non-hydrogen) atoms. The summed E-state index contributed by atoms with van der Waals surface area (Å²) in [6, 6.07) is 7.19. The highest BCUT2D eigenvalue weighted by Crippen LogP contribution is 2.26. The van der Waals surface area contributed by atoms with Gasteiger partial charge in [-0.25, -0.2) is 4.79 Å². The summed E-state index contributed by atoms with van der Waals surface area (Å²) < 4.78 is 29.6. The monoisotopic (exact) mass is 382 g/mol. The van der Waals surface area contributed by atoms with Crippen molar-refractivity contribution in [2.24, 2.45) is 0 Å². The van der Waals surface area contributed by atoms with E-state index in [0.717, 1.165) is 0 Å². The molecule has 6 nitrogen and oxygen atoms in total. The molecule has 2 rings (SSSR count). The lowest BCUT2D eigenvalue weighted by molar-refractivity contribution is -0.123. The number of ketones is 1. The van der Waals surface area contributed by atoms with E-state index < -0.39 is 23.7 Å². The van der Waals surface area contributed by atoms with E-state index in [1.807, 2.05) is 0 Å². The fourth-order valence-corrected chi connectivity index (χ4v) is 2.46. The van der Waals surface area contributed by atoms with Crippen LogP contribution in [0, 0.1) is 0 Å². The average Bonchev–Trinajstić information content (AvgIpc) is 3.06. The number of rotatable bonds is 7. The minimum absolute atomic E-state index is 0.0585. The number of esters is 1. The van der Waals surface area contributed by atoms with E-state index in [1.165, 1.54) is 50.4 Å². The van der Waals surface area contributed by atoms with E-state index in [1.54, 1.807) is 0 Å². The number of H-pyrrole nitrogens is 1. The number of hydrogen-bond acceptors (Lipinski definition) is 5. The molecule has 1 unspecified atom stereocenters.